The van der Waals surface area contributed by atoms with Crippen molar-refractivity contribution in [3.05, 3.63) is 71.5 Å². The zero-order chi connectivity index (χ0) is 24.3. The number of imidazole rings is 1. The summed E-state index contributed by atoms with van der Waals surface area (Å²) in [6.45, 7) is 0.236. The molecule has 0 radical (unpaired) electrons. The summed E-state index contributed by atoms with van der Waals surface area (Å²) in [6.07, 6.45) is -0.970. The average molecular weight is 483 g/mol. The lowest BCUT2D eigenvalue weighted by atomic mass is 9.99. The van der Waals surface area contributed by atoms with E-state index in [0.717, 1.165) is 16.3 Å². The maximum absolute atomic E-state index is 13.6. The maximum Gasteiger partial charge on any atom is 0.433 e. The molecule has 0 saturated carbocycles. The van der Waals surface area contributed by atoms with Crippen molar-refractivity contribution in [2.24, 2.45) is 7.05 Å². The van der Waals surface area contributed by atoms with Gasteiger partial charge in [0.15, 0.2) is 0 Å². The summed E-state index contributed by atoms with van der Waals surface area (Å²) in [4.78, 5) is 22.2. The number of hydrogen-bond acceptors (Lipinski definition) is 7. The van der Waals surface area contributed by atoms with Crippen LogP contribution in [0.1, 0.15) is 39.5 Å². The maximum atomic E-state index is 13.6. The van der Waals surface area contributed by atoms with Crippen molar-refractivity contribution >= 4 is 11.4 Å². The Hall–Kier alpha value is -4.49. The molecule has 6 heterocycles. The van der Waals surface area contributed by atoms with Gasteiger partial charge in [0.05, 0.1) is 23.2 Å². The van der Waals surface area contributed by atoms with E-state index in [0.29, 0.717) is 17.8 Å². The molecule has 0 aromatic carbocycles. The molecular weight excluding hydrogens is 467 g/mol. The normalized spacial score (nSPS) is 16.1. The van der Waals surface area contributed by atoms with Crippen LogP contribution in [-0.4, -0.2) is 56.9 Å². The molecule has 6 rings (SSSR count). The number of aryl methyl sites for hydroxylation is 1. The molecule has 1 amide bonds. The number of hydrogen-bond donors (Lipinski definition) is 1. The van der Waals surface area contributed by atoms with Gasteiger partial charge in [-0.15, -0.1) is 10.2 Å². The Kier molecular flexibility index (Phi) is 4.52. The molecule has 0 saturated heterocycles. The van der Waals surface area contributed by atoms with Crippen molar-refractivity contribution in [1.29, 1.82) is 0 Å². The summed E-state index contributed by atoms with van der Waals surface area (Å²) in [5.41, 5.74) is 1.21. The summed E-state index contributed by atoms with van der Waals surface area (Å²) in [7, 11) is 1.73. The number of halogens is 3. The van der Waals surface area contributed by atoms with E-state index in [9.17, 15) is 18.0 Å². The molecule has 0 unspecified atom stereocenters. The monoisotopic (exact) mass is 483 g/mol. The topological polar surface area (TPSA) is 123 Å². The number of carbonyl (C=O) groups excluding carboxylic acids is 1. The van der Waals surface area contributed by atoms with Crippen LogP contribution in [0.15, 0.2) is 47.3 Å². The highest BCUT2D eigenvalue weighted by atomic mass is 19.4. The van der Waals surface area contributed by atoms with Gasteiger partial charge >= 0.3 is 18.0 Å². The molecule has 0 spiro atoms. The fraction of sp³-hybridized carbons (Fsp3) is 0.238. The van der Waals surface area contributed by atoms with Crippen molar-refractivity contribution in [3.63, 3.8) is 0 Å². The van der Waals surface area contributed by atoms with E-state index in [4.69, 9.17) is 4.42 Å². The summed E-state index contributed by atoms with van der Waals surface area (Å²) in [5.74, 6) is -0.786. The highest BCUT2D eigenvalue weighted by Crippen LogP contribution is 2.36. The molecule has 1 aliphatic rings. The first-order valence-electron chi connectivity index (χ1n) is 10.5. The van der Waals surface area contributed by atoms with E-state index in [1.165, 1.54) is 29.4 Å². The fourth-order valence-corrected chi connectivity index (χ4v) is 4.24. The second kappa shape index (κ2) is 7.51. The molecule has 35 heavy (non-hydrogen) atoms. The van der Waals surface area contributed by atoms with E-state index in [1.807, 2.05) is 0 Å². The second-order valence-electron chi connectivity index (χ2n) is 8.02. The predicted molar refractivity (Wildman–Crippen MR) is 112 cm³/mol. The van der Waals surface area contributed by atoms with E-state index in [1.54, 1.807) is 24.0 Å². The van der Waals surface area contributed by atoms with Gasteiger partial charge in [-0.25, -0.2) is 9.50 Å². The Morgan fingerprint density at radius 1 is 1.20 bits per heavy atom. The van der Waals surface area contributed by atoms with Gasteiger partial charge in [0.2, 0.25) is 0 Å². The molecule has 1 atom stereocenters. The number of pyridine rings is 1. The van der Waals surface area contributed by atoms with Gasteiger partial charge in [-0.3, -0.25) is 9.48 Å². The number of aromatic nitrogens is 8. The van der Waals surface area contributed by atoms with Crippen LogP contribution in [0.25, 0.3) is 17.1 Å². The molecule has 0 bridgehead atoms. The van der Waals surface area contributed by atoms with Gasteiger partial charge in [-0.05, 0) is 24.3 Å². The van der Waals surface area contributed by atoms with Gasteiger partial charge in [-0.2, -0.15) is 23.4 Å². The lowest BCUT2D eigenvalue weighted by Crippen LogP contribution is -2.41. The smallest absolute Gasteiger partial charge is 0.411 e. The Morgan fingerprint density at radius 2 is 2.06 bits per heavy atom. The van der Waals surface area contributed by atoms with Crippen LogP contribution < -0.4 is 0 Å². The Labute approximate surface area is 194 Å². The summed E-state index contributed by atoms with van der Waals surface area (Å²) in [5, 5.41) is 16.2. The lowest BCUT2D eigenvalue weighted by Gasteiger charge is -2.32. The summed E-state index contributed by atoms with van der Waals surface area (Å²) >= 11 is 0. The van der Waals surface area contributed by atoms with E-state index in [2.05, 4.69) is 30.4 Å². The molecule has 1 aliphatic heterocycles. The van der Waals surface area contributed by atoms with Crippen LogP contribution in [0.3, 0.4) is 0 Å². The number of fused-ring (bicyclic) bond motifs is 2. The van der Waals surface area contributed by atoms with Crippen molar-refractivity contribution < 1.29 is 22.4 Å². The Morgan fingerprint density at radius 3 is 2.83 bits per heavy atom. The van der Waals surface area contributed by atoms with Crippen LogP contribution in [0.2, 0.25) is 0 Å². The van der Waals surface area contributed by atoms with Crippen molar-refractivity contribution in [2.45, 2.75) is 18.6 Å². The third-order valence-electron chi connectivity index (χ3n) is 5.80. The third kappa shape index (κ3) is 3.45. The molecule has 11 nitrogen and oxygen atoms in total. The number of nitrogens with one attached hydrogen (secondary N) is 1. The minimum atomic E-state index is -4.60. The standard InChI is InChI=1S/C21H16F3N9O2/c1-31-7-5-13(29-31)18-27-28-19(35-18)20(34)32-8-6-12-16(26-10-25-12)17(32)14-9-11-3-2-4-15(21(22,23)24)33(11)30-14/h2-5,7,9-10,17H,6,8H2,1H3,(H,25,26)/t17-/m1/s1. The first-order chi connectivity index (χ1) is 16.8. The molecule has 14 heteroatoms. The highest BCUT2D eigenvalue weighted by molar-refractivity contribution is 5.90. The average Bonchev–Trinajstić information content (AvgIpc) is 3.62. The summed E-state index contributed by atoms with van der Waals surface area (Å²) in [6, 6.07) is 6.09. The molecule has 5 aromatic heterocycles. The Balaban J connectivity index is 1.42. The largest absolute Gasteiger partial charge is 0.433 e. The van der Waals surface area contributed by atoms with Crippen molar-refractivity contribution in [2.75, 3.05) is 6.54 Å². The van der Waals surface area contributed by atoms with Gasteiger partial charge in [-0.1, -0.05) is 6.07 Å². The molecule has 1 N–H and O–H groups in total. The molecule has 5 aromatic rings. The molecule has 0 aliphatic carbocycles. The molecule has 178 valence electrons. The second-order valence-corrected chi connectivity index (χ2v) is 8.02. The zero-order valence-corrected chi connectivity index (χ0v) is 18.1. The first-order valence-corrected chi connectivity index (χ1v) is 10.5. The van der Waals surface area contributed by atoms with E-state index in [-0.39, 0.29) is 29.5 Å². The predicted octanol–water partition coefficient (Wildman–Crippen LogP) is 2.65. The number of carbonyl (C=O) groups is 1. The molecule has 0 fully saturated rings. The van der Waals surface area contributed by atoms with Crippen LogP contribution >= 0.6 is 0 Å². The quantitative estimate of drug-likeness (QED) is 0.419. The Bertz CT molecular complexity index is 1560. The van der Waals surface area contributed by atoms with Gasteiger partial charge in [0, 0.05) is 31.9 Å². The number of rotatable bonds is 3. The minimum absolute atomic E-state index is 0.0746. The van der Waals surface area contributed by atoms with Crippen molar-refractivity contribution in [1.82, 2.24) is 44.5 Å². The zero-order valence-electron chi connectivity index (χ0n) is 18.1. The number of aromatic amines is 1. The number of alkyl halides is 3. The van der Waals surface area contributed by atoms with Gasteiger partial charge in [0.1, 0.15) is 17.4 Å². The minimum Gasteiger partial charge on any atom is -0.411 e. The van der Waals surface area contributed by atoms with E-state index < -0.39 is 23.8 Å². The molecular formula is C21H16F3N9O2. The van der Waals surface area contributed by atoms with Crippen LogP contribution in [-0.2, 0) is 19.6 Å². The SMILES string of the molecule is Cn1ccc(-c2nnc(C(=O)N3CCc4[nH]cnc4[C@H]3c3cc4cccc(C(F)(F)F)n4n3)o2)n1. The lowest BCUT2D eigenvalue weighted by molar-refractivity contribution is -0.142. The highest BCUT2D eigenvalue weighted by Gasteiger charge is 2.39. The van der Waals surface area contributed by atoms with Crippen LogP contribution in [0.4, 0.5) is 13.2 Å². The van der Waals surface area contributed by atoms with Gasteiger partial charge in [0.25, 0.3) is 5.89 Å². The van der Waals surface area contributed by atoms with E-state index >= 15 is 0 Å². The third-order valence-corrected chi connectivity index (χ3v) is 5.80. The van der Waals surface area contributed by atoms with Crippen LogP contribution in [0, 0.1) is 0 Å². The van der Waals surface area contributed by atoms with Crippen molar-refractivity contribution in [3.8, 4) is 11.6 Å². The summed E-state index contributed by atoms with van der Waals surface area (Å²) < 4.78 is 48.6. The number of H-pyrrole nitrogens is 1. The van der Waals surface area contributed by atoms with Gasteiger partial charge < -0.3 is 14.3 Å². The van der Waals surface area contributed by atoms with Crippen LogP contribution in [0.5, 0.6) is 0 Å². The number of nitrogens with zero attached hydrogens (tertiary/aromatic N) is 8. The number of amides is 1. The fourth-order valence-electron chi connectivity index (χ4n) is 4.24. The first kappa shape index (κ1) is 21.1.